The van der Waals surface area contributed by atoms with E-state index in [9.17, 15) is 9.59 Å². The summed E-state index contributed by atoms with van der Waals surface area (Å²) < 4.78 is 6.52. The van der Waals surface area contributed by atoms with Crippen LogP contribution in [-0.2, 0) is 4.79 Å². The Hall–Kier alpha value is -2.34. The summed E-state index contributed by atoms with van der Waals surface area (Å²) in [7, 11) is 0. The summed E-state index contributed by atoms with van der Waals surface area (Å²) in [6, 6.07) is 12.5. The van der Waals surface area contributed by atoms with Gasteiger partial charge in [-0.2, -0.15) is 0 Å². The molecule has 0 aliphatic carbocycles. The average Bonchev–Trinajstić information content (AvgIpc) is 2.53. The molecule has 2 rings (SSSR count). The van der Waals surface area contributed by atoms with E-state index in [1.165, 1.54) is 0 Å². The summed E-state index contributed by atoms with van der Waals surface area (Å²) in [5, 5.41) is 5.64. The SMILES string of the molecule is Cc1cc(Br)ccc1OCC(=O)Nc1ccccc1C(=O)NC(C)(C)C. The van der Waals surface area contributed by atoms with E-state index >= 15 is 0 Å². The molecule has 0 saturated heterocycles. The number of hydrogen-bond donors (Lipinski definition) is 2. The highest BCUT2D eigenvalue weighted by atomic mass is 79.9. The Morgan fingerprint density at radius 3 is 2.46 bits per heavy atom. The van der Waals surface area contributed by atoms with E-state index in [0.717, 1.165) is 10.0 Å². The lowest BCUT2D eigenvalue weighted by molar-refractivity contribution is -0.118. The molecule has 0 radical (unpaired) electrons. The lowest BCUT2D eigenvalue weighted by Gasteiger charge is -2.21. The third-order valence-electron chi connectivity index (χ3n) is 3.43. The molecular formula is C20H23BrN2O3. The van der Waals surface area contributed by atoms with Gasteiger partial charge in [-0.25, -0.2) is 0 Å². The first-order chi connectivity index (χ1) is 12.2. The highest BCUT2D eigenvalue weighted by Crippen LogP contribution is 2.22. The van der Waals surface area contributed by atoms with Crippen molar-refractivity contribution in [2.75, 3.05) is 11.9 Å². The molecule has 0 unspecified atom stereocenters. The Balaban J connectivity index is 2.04. The number of hydrogen-bond acceptors (Lipinski definition) is 3. The monoisotopic (exact) mass is 418 g/mol. The zero-order chi connectivity index (χ0) is 19.3. The van der Waals surface area contributed by atoms with Crippen LogP contribution in [0.25, 0.3) is 0 Å². The first-order valence-corrected chi connectivity index (χ1v) is 9.05. The highest BCUT2D eigenvalue weighted by Gasteiger charge is 2.18. The molecule has 0 fully saturated rings. The van der Waals surface area contributed by atoms with E-state index in [1.807, 2.05) is 39.8 Å². The van der Waals surface area contributed by atoms with E-state index in [1.54, 1.807) is 30.3 Å². The molecule has 2 aromatic carbocycles. The van der Waals surface area contributed by atoms with Crippen LogP contribution in [0.5, 0.6) is 5.75 Å². The first-order valence-electron chi connectivity index (χ1n) is 8.26. The molecule has 0 atom stereocenters. The van der Waals surface area contributed by atoms with Gasteiger partial charge in [0.15, 0.2) is 6.61 Å². The van der Waals surface area contributed by atoms with E-state index in [4.69, 9.17) is 4.74 Å². The van der Waals surface area contributed by atoms with Crippen molar-refractivity contribution < 1.29 is 14.3 Å². The molecule has 2 N–H and O–H groups in total. The second-order valence-electron chi connectivity index (χ2n) is 7.00. The summed E-state index contributed by atoms with van der Waals surface area (Å²) in [6.07, 6.45) is 0. The van der Waals surface area contributed by atoms with Crippen LogP contribution in [0.2, 0.25) is 0 Å². The largest absolute Gasteiger partial charge is 0.483 e. The van der Waals surface area contributed by atoms with Crippen LogP contribution in [0.1, 0.15) is 36.7 Å². The minimum Gasteiger partial charge on any atom is -0.483 e. The van der Waals surface area contributed by atoms with Gasteiger partial charge in [0.2, 0.25) is 0 Å². The van der Waals surface area contributed by atoms with Gasteiger partial charge in [-0.05, 0) is 63.6 Å². The number of para-hydroxylation sites is 1. The van der Waals surface area contributed by atoms with Gasteiger partial charge < -0.3 is 15.4 Å². The van der Waals surface area contributed by atoms with Crippen molar-refractivity contribution in [1.82, 2.24) is 5.32 Å². The maximum absolute atomic E-state index is 12.4. The number of carbonyl (C=O) groups excluding carboxylic acids is 2. The molecule has 0 aliphatic heterocycles. The molecule has 6 heteroatoms. The zero-order valence-electron chi connectivity index (χ0n) is 15.4. The Bertz CT molecular complexity index is 813. The van der Waals surface area contributed by atoms with Gasteiger partial charge in [0, 0.05) is 10.0 Å². The van der Waals surface area contributed by atoms with Crippen molar-refractivity contribution >= 4 is 33.4 Å². The zero-order valence-corrected chi connectivity index (χ0v) is 16.9. The van der Waals surface area contributed by atoms with Crippen molar-refractivity contribution in [2.45, 2.75) is 33.2 Å². The minimum absolute atomic E-state index is 0.141. The van der Waals surface area contributed by atoms with Crippen LogP contribution in [0.3, 0.4) is 0 Å². The second-order valence-corrected chi connectivity index (χ2v) is 7.91. The molecule has 0 saturated carbocycles. The smallest absolute Gasteiger partial charge is 0.262 e. The van der Waals surface area contributed by atoms with Crippen LogP contribution >= 0.6 is 15.9 Å². The third-order valence-corrected chi connectivity index (χ3v) is 3.92. The first kappa shape index (κ1) is 20.0. The maximum atomic E-state index is 12.4. The minimum atomic E-state index is -0.365. The normalized spacial score (nSPS) is 11.0. The molecule has 0 spiro atoms. The van der Waals surface area contributed by atoms with Crippen molar-refractivity contribution in [1.29, 1.82) is 0 Å². The van der Waals surface area contributed by atoms with Gasteiger partial charge in [0.25, 0.3) is 11.8 Å². The molecule has 0 aliphatic rings. The Morgan fingerprint density at radius 2 is 1.81 bits per heavy atom. The number of anilines is 1. The van der Waals surface area contributed by atoms with Crippen LogP contribution < -0.4 is 15.4 Å². The second kappa shape index (κ2) is 8.36. The summed E-state index contributed by atoms with van der Waals surface area (Å²) in [5.74, 6) is 0.0727. The number of aryl methyl sites for hydroxylation is 1. The number of amides is 2. The van der Waals surface area contributed by atoms with Crippen molar-refractivity contribution in [3.8, 4) is 5.75 Å². The topological polar surface area (TPSA) is 67.4 Å². The van der Waals surface area contributed by atoms with Crippen LogP contribution in [0.15, 0.2) is 46.9 Å². The molecule has 2 amide bonds. The summed E-state index contributed by atoms with van der Waals surface area (Å²) >= 11 is 3.39. The summed E-state index contributed by atoms with van der Waals surface area (Å²) in [5.41, 5.74) is 1.43. The van der Waals surface area contributed by atoms with Crippen LogP contribution in [-0.4, -0.2) is 24.0 Å². The lowest BCUT2D eigenvalue weighted by atomic mass is 10.1. The molecule has 0 bridgehead atoms. The Labute approximate surface area is 162 Å². The van der Waals surface area contributed by atoms with E-state index < -0.39 is 0 Å². The number of benzene rings is 2. The van der Waals surface area contributed by atoms with Gasteiger partial charge in [-0.15, -0.1) is 0 Å². The quantitative estimate of drug-likeness (QED) is 0.760. The average molecular weight is 419 g/mol. The molecule has 26 heavy (non-hydrogen) atoms. The number of rotatable bonds is 5. The van der Waals surface area contributed by atoms with Gasteiger partial charge in [0.1, 0.15) is 5.75 Å². The number of ether oxygens (including phenoxy) is 1. The van der Waals surface area contributed by atoms with Crippen molar-refractivity contribution in [3.05, 3.63) is 58.1 Å². The van der Waals surface area contributed by atoms with Gasteiger partial charge in [-0.1, -0.05) is 28.1 Å². The van der Waals surface area contributed by atoms with Gasteiger partial charge >= 0.3 is 0 Å². The molecular weight excluding hydrogens is 396 g/mol. The Morgan fingerprint density at radius 1 is 1.12 bits per heavy atom. The maximum Gasteiger partial charge on any atom is 0.262 e. The fraction of sp³-hybridized carbons (Fsp3) is 0.300. The fourth-order valence-corrected chi connectivity index (χ4v) is 2.78. The highest BCUT2D eigenvalue weighted by molar-refractivity contribution is 9.10. The van der Waals surface area contributed by atoms with Crippen molar-refractivity contribution in [2.24, 2.45) is 0 Å². The number of carbonyl (C=O) groups is 2. The lowest BCUT2D eigenvalue weighted by Crippen LogP contribution is -2.41. The van der Waals surface area contributed by atoms with E-state index in [0.29, 0.717) is 17.0 Å². The standard InChI is InChI=1S/C20H23BrN2O3/c1-13-11-14(21)9-10-17(13)26-12-18(24)22-16-8-6-5-7-15(16)19(25)23-20(2,3)4/h5-11H,12H2,1-4H3,(H,22,24)(H,23,25). The fourth-order valence-electron chi connectivity index (χ4n) is 2.30. The third kappa shape index (κ3) is 5.88. The molecule has 2 aromatic rings. The molecule has 138 valence electrons. The predicted octanol–water partition coefficient (Wildman–Crippen LogP) is 4.30. The van der Waals surface area contributed by atoms with Crippen LogP contribution in [0.4, 0.5) is 5.69 Å². The van der Waals surface area contributed by atoms with Gasteiger partial charge in [0.05, 0.1) is 11.3 Å². The molecule has 0 heterocycles. The predicted molar refractivity (Wildman–Crippen MR) is 107 cm³/mol. The summed E-state index contributed by atoms with van der Waals surface area (Å²) in [4.78, 5) is 24.7. The van der Waals surface area contributed by atoms with E-state index in [2.05, 4.69) is 26.6 Å². The van der Waals surface area contributed by atoms with Gasteiger partial charge in [-0.3, -0.25) is 9.59 Å². The molecule has 0 aromatic heterocycles. The number of nitrogens with one attached hydrogen (secondary N) is 2. The Kier molecular flexibility index (Phi) is 6.42. The summed E-state index contributed by atoms with van der Waals surface area (Å²) in [6.45, 7) is 7.48. The van der Waals surface area contributed by atoms with Crippen molar-refractivity contribution in [3.63, 3.8) is 0 Å². The van der Waals surface area contributed by atoms with E-state index in [-0.39, 0.29) is 24.0 Å². The number of halogens is 1. The van der Waals surface area contributed by atoms with Crippen LogP contribution in [0, 0.1) is 6.92 Å². The molecule has 5 nitrogen and oxygen atoms in total.